The fraction of sp³-hybridized carbons (Fsp3) is 0. The lowest BCUT2D eigenvalue weighted by atomic mass is 10.2. The number of pyridine rings is 1. The number of aromatic carboxylic acids is 1. The van der Waals surface area contributed by atoms with Gasteiger partial charge in [-0.1, -0.05) is 0 Å². The summed E-state index contributed by atoms with van der Waals surface area (Å²) in [7, 11) is 0. The SMILES string of the molecule is O=C(O)c1c(-c2ccco2)nc2c(Br)cccn12. The van der Waals surface area contributed by atoms with E-state index < -0.39 is 5.97 Å². The quantitative estimate of drug-likeness (QED) is 0.790. The van der Waals surface area contributed by atoms with Crippen molar-refractivity contribution in [3.8, 4) is 11.5 Å². The summed E-state index contributed by atoms with van der Waals surface area (Å²) in [4.78, 5) is 15.7. The van der Waals surface area contributed by atoms with E-state index in [2.05, 4.69) is 20.9 Å². The molecule has 0 saturated heterocycles. The summed E-state index contributed by atoms with van der Waals surface area (Å²) < 4.78 is 7.47. The first kappa shape index (κ1) is 11.0. The normalized spacial score (nSPS) is 10.9. The van der Waals surface area contributed by atoms with E-state index in [0.717, 1.165) is 4.47 Å². The maximum atomic E-state index is 11.4. The van der Waals surface area contributed by atoms with E-state index >= 15 is 0 Å². The summed E-state index contributed by atoms with van der Waals surface area (Å²) in [5.41, 5.74) is 0.946. The van der Waals surface area contributed by atoms with E-state index in [0.29, 0.717) is 17.1 Å². The number of carboxylic acids is 1. The second-order valence-electron chi connectivity index (χ2n) is 3.64. The lowest BCUT2D eigenvalue weighted by Crippen LogP contribution is -2.03. The van der Waals surface area contributed by atoms with Crippen LogP contribution in [0.2, 0.25) is 0 Å². The Morgan fingerprint density at radius 2 is 2.22 bits per heavy atom. The predicted octanol–water partition coefficient (Wildman–Crippen LogP) is 3.06. The molecular weight excluding hydrogens is 300 g/mol. The van der Waals surface area contributed by atoms with Crippen LogP contribution in [0.1, 0.15) is 10.5 Å². The Hall–Kier alpha value is -2.08. The second-order valence-corrected chi connectivity index (χ2v) is 4.50. The van der Waals surface area contributed by atoms with Crippen LogP contribution in [0, 0.1) is 0 Å². The summed E-state index contributed by atoms with van der Waals surface area (Å²) in [6.45, 7) is 0. The Morgan fingerprint density at radius 1 is 1.39 bits per heavy atom. The van der Waals surface area contributed by atoms with Crippen LogP contribution in [0.15, 0.2) is 45.6 Å². The third-order valence-electron chi connectivity index (χ3n) is 2.56. The van der Waals surface area contributed by atoms with Gasteiger partial charge in [0.2, 0.25) is 0 Å². The summed E-state index contributed by atoms with van der Waals surface area (Å²) >= 11 is 3.35. The molecule has 0 fully saturated rings. The lowest BCUT2D eigenvalue weighted by molar-refractivity contribution is 0.0690. The molecule has 0 aromatic carbocycles. The number of aromatic nitrogens is 2. The molecule has 0 atom stereocenters. The van der Waals surface area contributed by atoms with Crippen molar-refractivity contribution in [1.29, 1.82) is 0 Å². The molecule has 0 radical (unpaired) electrons. The first-order valence-corrected chi connectivity index (χ1v) is 5.91. The number of hydrogen-bond donors (Lipinski definition) is 1. The first-order chi connectivity index (χ1) is 8.68. The van der Waals surface area contributed by atoms with Gasteiger partial charge in [0.15, 0.2) is 17.1 Å². The smallest absolute Gasteiger partial charge is 0.355 e. The van der Waals surface area contributed by atoms with Crippen LogP contribution in [0.25, 0.3) is 17.1 Å². The number of hydrogen-bond acceptors (Lipinski definition) is 3. The van der Waals surface area contributed by atoms with Crippen molar-refractivity contribution in [3.05, 3.63) is 46.9 Å². The average molecular weight is 307 g/mol. The van der Waals surface area contributed by atoms with E-state index in [1.54, 1.807) is 30.5 Å². The standard InChI is InChI=1S/C12H7BrN2O3/c13-7-3-1-5-15-10(12(16)17)9(14-11(7)15)8-4-2-6-18-8/h1-6H,(H,16,17). The van der Waals surface area contributed by atoms with Gasteiger partial charge in [0.1, 0.15) is 5.69 Å². The zero-order chi connectivity index (χ0) is 12.7. The zero-order valence-electron chi connectivity index (χ0n) is 9.00. The molecule has 3 aromatic rings. The molecule has 3 rings (SSSR count). The highest BCUT2D eigenvalue weighted by molar-refractivity contribution is 9.10. The predicted molar refractivity (Wildman–Crippen MR) is 67.6 cm³/mol. The molecule has 5 nitrogen and oxygen atoms in total. The second kappa shape index (κ2) is 3.99. The van der Waals surface area contributed by atoms with Gasteiger partial charge in [0, 0.05) is 6.20 Å². The number of furan rings is 1. The molecule has 3 aromatic heterocycles. The molecule has 18 heavy (non-hydrogen) atoms. The Labute approximate surface area is 110 Å². The van der Waals surface area contributed by atoms with Crippen molar-refractivity contribution >= 4 is 27.5 Å². The number of carbonyl (C=O) groups is 1. The van der Waals surface area contributed by atoms with Crippen molar-refractivity contribution in [2.45, 2.75) is 0 Å². The van der Waals surface area contributed by atoms with E-state index in [9.17, 15) is 9.90 Å². The third-order valence-corrected chi connectivity index (χ3v) is 3.18. The Bertz CT molecular complexity index is 731. The van der Waals surface area contributed by atoms with Gasteiger partial charge in [-0.25, -0.2) is 9.78 Å². The molecule has 3 heterocycles. The van der Waals surface area contributed by atoms with Crippen LogP contribution in [-0.4, -0.2) is 20.5 Å². The number of halogens is 1. The van der Waals surface area contributed by atoms with E-state index in [4.69, 9.17) is 4.42 Å². The molecule has 0 aliphatic heterocycles. The molecule has 0 unspecified atom stereocenters. The van der Waals surface area contributed by atoms with Gasteiger partial charge in [-0.05, 0) is 40.2 Å². The van der Waals surface area contributed by atoms with Crippen LogP contribution in [-0.2, 0) is 0 Å². The van der Waals surface area contributed by atoms with Crippen LogP contribution in [0.3, 0.4) is 0 Å². The van der Waals surface area contributed by atoms with Crippen molar-refractivity contribution < 1.29 is 14.3 Å². The van der Waals surface area contributed by atoms with Gasteiger partial charge in [0.05, 0.1) is 10.7 Å². The maximum Gasteiger partial charge on any atom is 0.355 e. The van der Waals surface area contributed by atoms with Gasteiger partial charge < -0.3 is 9.52 Å². The number of fused-ring (bicyclic) bond motifs is 1. The van der Waals surface area contributed by atoms with Gasteiger partial charge in [-0.2, -0.15) is 0 Å². The molecule has 0 saturated carbocycles. The van der Waals surface area contributed by atoms with E-state index in [-0.39, 0.29) is 5.69 Å². The third kappa shape index (κ3) is 1.53. The number of rotatable bonds is 2. The fourth-order valence-corrected chi connectivity index (χ4v) is 2.26. The highest BCUT2D eigenvalue weighted by atomic mass is 79.9. The molecule has 0 spiro atoms. The fourth-order valence-electron chi connectivity index (χ4n) is 1.82. The largest absolute Gasteiger partial charge is 0.476 e. The summed E-state index contributed by atoms with van der Waals surface area (Å²) in [6.07, 6.45) is 3.14. The molecule has 90 valence electrons. The number of nitrogens with zero attached hydrogens (tertiary/aromatic N) is 2. The molecule has 0 aliphatic carbocycles. The van der Waals surface area contributed by atoms with E-state index in [1.807, 2.05) is 0 Å². The first-order valence-electron chi connectivity index (χ1n) is 5.12. The van der Waals surface area contributed by atoms with Gasteiger partial charge in [-0.3, -0.25) is 4.40 Å². The topological polar surface area (TPSA) is 67.7 Å². The highest BCUT2D eigenvalue weighted by Crippen LogP contribution is 2.27. The molecule has 0 aliphatic rings. The van der Waals surface area contributed by atoms with Crippen LogP contribution >= 0.6 is 15.9 Å². The minimum absolute atomic E-state index is 0.0845. The van der Waals surface area contributed by atoms with Gasteiger partial charge in [-0.15, -0.1) is 0 Å². The molecular formula is C12H7BrN2O3. The van der Waals surface area contributed by atoms with Gasteiger partial charge >= 0.3 is 5.97 Å². The number of carboxylic acid groups (broad SMARTS) is 1. The molecule has 0 bridgehead atoms. The van der Waals surface area contributed by atoms with Crippen molar-refractivity contribution in [3.63, 3.8) is 0 Å². The lowest BCUT2D eigenvalue weighted by Gasteiger charge is -1.98. The highest BCUT2D eigenvalue weighted by Gasteiger charge is 2.22. The number of imidazole rings is 1. The maximum absolute atomic E-state index is 11.4. The minimum atomic E-state index is -1.05. The van der Waals surface area contributed by atoms with Crippen molar-refractivity contribution in [2.24, 2.45) is 0 Å². The minimum Gasteiger partial charge on any atom is -0.476 e. The Morgan fingerprint density at radius 3 is 2.89 bits per heavy atom. The van der Waals surface area contributed by atoms with Crippen molar-refractivity contribution in [1.82, 2.24) is 9.38 Å². The monoisotopic (exact) mass is 306 g/mol. The van der Waals surface area contributed by atoms with Crippen LogP contribution in [0.5, 0.6) is 0 Å². The zero-order valence-corrected chi connectivity index (χ0v) is 10.6. The Kier molecular flexibility index (Phi) is 2.45. The summed E-state index contributed by atoms with van der Waals surface area (Å²) in [5.74, 6) is -0.616. The van der Waals surface area contributed by atoms with Gasteiger partial charge in [0.25, 0.3) is 0 Å². The van der Waals surface area contributed by atoms with E-state index in [1.165, 1.54) is 10.7 Å². The molecule has 0 amide bonds. The van der Waals surface area contributed by atoms with Crippen molar-refractivity contribution in [2.75, 3.05) is 0 Å². The van der Waals surface area contributed by atoms with Crippen LogP contribution in [0.4, 0.5) is 0 Å². The Balaban J connectivity index is 2.41. The summed E-state index contributed by atoms with van der Waals surface area (Å²) in [5, 5.41) is 9.32. The molecule has 6 heteroatoms. The summed E-state index contributed by atoms with van der Waals surface area (Å²) in [6, 6.07) is 6.93. The molecule has 1 N–H and O–H groups in total. The average Bonchev–Trinajstić information content (AvgIpc) is 2.95. The van der Waals surface area contributed by atoms with Crippen LogP contribution < -0.4 is 0 Å².